The Labute approximate surface area is 168 Å². The quantitative estimate of drug-likeness (QED) is 0.742. The van der Waals surface area contributed by atoms with Crippen molar-refractivity contribution in [3.05, 3.63) is 28.2 Å². The summed E-state index contributed by atoms with van der Waals surface area (Å²) in [7, 11) is 0. The SMILES string of the molecule is N[C@H]1CC[C@H](CCN2CCN(c3cccc(Cl)c3Cl)[C@@H](C(F)(F)F)C2)CC1. The minimum Gasteiger partial charge on any atom is -0.356 e. The number of benzene rings is 1. The highest BCUT2D eigenvalue weighted by Gasteiger charge is 2.47. The van der Waals surface area contributed by atoms with Crippen molar-refractivity contribution in [2.75, 3.05) is 31.1 Å². The predicted molar refractivity (Wildman–Crippen MR) is 105 cm³/mol. The number of rotatable bonds is 4. The van der Waals surface area contributed by atoms with Crippen molar-refractivity contribution in [3.8, 4) is 0 Å². The van der Waals surface area contributed by atoms with E-state index < -0.39 is 12.2 Å². The van der Waals surface area contributed by atoms with Crippen LogP contribution in [0.25, 0.3) is 0 Å². The van der Waals surface area contributed by atoms with Crippen LogP contribution in [0.3, 0.4) is 0 Å². The second-order valence-electron chi connectivity index (χ2n) is 7.69. The van der Waals surface area contributed by atoms with Crippen LogP contribution < -0.4 is 10.6 Å². The molecule has 1 aromatic carbocycles. The lowest BCUT2D eigenvalue weighted by Gasteiger charge is -2.44. The normalized spacial score (nSPS) is 27.8. The molecule has 0 amide bonds. The molecule has 2 fully saturated rings. The Morgan fingerprint density at radius 2 is 1.78 bits per heavy atom. The summed E-state index contributed by atoms with van der Waals surface area (Å²) in [6.45, 7) is 1.52. The third-order valence-electron chi connectivity index (χ3n) is 5.83. The van der Waals surface area contributed by atoms with Crippen molar-refractivity contribution < 1.29 is 13.2 Å². The number of alkyl halides is 3. The molecule has 0 bridgehead atoms. The molecule has 1 aliphatic heterocycles. The van der Waals surface area contributed by atoms with Crippen LogP contribution in [0, 0.1) is 5.92 Å². The molecule has 0 aromatic heterocycles. The van der Waals surface area contributed by atoms with E-state index in [-0.39, 0.29) is 23.1 Å². The number of anilines is 1. The first kappa shape index (κ1) is 21.0. The van der Waals surface area contributed by atoms with Crippen molar-refractivity contribution in [2.45, 2.75) is 50.4 Å². The Morgan fingerprint density at radius 1 is 1.07 bits per heavy atom. The number of nitrogens with two attached hydrogens (primary N) is 1. The first-order chi connectivity index (χ1) is 12.8. The Hall–Kier alpha value is -0.690. The summed E-state index contributed by atoms with van der Waals surface area (Å²) in [5, 5.41) is 0.452. The zero-order valence-corrected chi connectivity index (χ0v) is 16.7. The fourth-order valence-electron chi connectivity index (χ4n) is 4.17. The highest BCUT2D eigenvalue weighted by molar-refractivity contribution is 6.43. The standard InChI is InChI=1S/C19H26Cl2F3N3/c20-15-2-1-3-16(18(15)21)27-11-10-26(12-17(27)19(22,23)24)9-8-13-4-6-14(25)7-5-13/h1-3,13-14,17H,4-12,25H2/t13-,14-,17-/m1/s1. The summed E-state index contributed by atoms with van der Waals surface area (Å²) < 4.78 is 41.3. The molecule has 1 aliphatic carbocycles. The second kappa shape index (κ2) is 8.76. The highest BCUT2D eigenvalue weighted by Crippen LogP contribution is 2.38. The highest BCUT2D eigenvalue weighted by atomic mass is 35.5. The molecule has 8 heteroatoms. The first-order valence-electron chi connectivity index (χ1n) is 9.51. The van der Waals surface area contributed by atoms with Crippen LogP contribution in [0.15, 0.2) is 18.2 Å². The minimum atomic E-state index is -4.33. The van der Waals surface area contributed by atoms with Crippen molar-refractivity contribution in [1.29, 1.82) is 0 Å². The van der Waals surface area contributed by atoms with Crippen LogP contribution >= 0.6 is 23.2 Å². The van der Waals surface area contributed by atoms with Crippen LogP contribution in [0.4, 0.5) is 18.9 Å². The molecular formula is C19H26Cl2F3N3. The van der Waals surface area contributed by atoms with Crippen LogP contribution in [-0.2, 0) is 0 Å². The Morgan fingerprint density at radius 3 is 2.44 bits per heavy atom. The average Bonchev–Trinajstić information content (AvgIpc) is 2.63. The lowest BCUT2D eigenvalue weighted by Crippen LogP contribution is -2.59. The average molecular weight is 424 g/mol. The number of piperazine rings is 1. The molecule has 0 radical (unpaired) electrons. The van der Waals surface area contributed by atoms with Gasteiger partial charge in [-0.3, -0.25) is 4.90 Å². The monoisotopic (exact) mass is 423 g/mol. The van der Waals surface area contributed by atoms with E-state index in [1.54, 1.807) is 18.2 Å². The van der Waals surface area contributed by atoms with Gasteiger partial charge in [-0.05, 0) is 56.7 Å². The van der Waals surface area contributed by atoms with Gasteiger partial charge in [0.15, 0.2) is 0 Å². The van der Waals surface area contributed by atoms with E-state index in [2.05, 4.69) is 0 Å². The van der Waals surface area contributed by atoms with Gasteiger partial charge in [-0.1, -0.05) is 29.3 Å². The van der Waals surface area contributed by atoms with Crippen LogP contribution in [0.2, 0.25) is 10.0 Å². The molecule has 27 heavy (non-hydrogen) atoms. The topological polar surface area (TPSA) is 32.5 Å². The first-order valence-corrected chi connectivity index (χ1v) is 10.3. The molecule has 1 saturated heterocycles. The van der Waals surface area contributed by atoms with Crippen molar-refractivity contribution >= 4 is 28.9 Å². The van der Waals surface area contributed by atoms with Gasteiger partial charge in [-0.15, -0.1) is 0 Å². The molecule has 1 atom stereocenters. The molecule has 152 valence electrons. The van der Waals surface area contributed by atoms with Crippen LogP contribution in [0.5, 0.6) is 0 Å². The lowest BCUT2D eigenvalue weighted by atomic mass is 9.84. The molecular weight excluding hydrogens is 398 g/mol. The molecule has 0 unspecified atom stereocenters. The van der Waals surface area contributed by atoms with Gasteiger partial charge in [0.2, 0.25) is 0 Å². The third-order valence-corrected chi connectivity index (χ3v) is 6.64. The lowest BCUT2D eigenvalue weighted by molar-refractivity contribution is -0.156. The molecule has 2 aliphatic rings. The van der Waals surface area contributed by atoms with Gasteiger partial charge in [-0.25, -0.2) is 0 Å². The maximum absolute atomic E-state index is 13.8. The minimum absolute atomic E-state index is 0.0431. The molecule has 1 saturated carbocycles. The maximum Gasteiger partial charge on any atom is 0.409 e. The van der Waals surface area contributed by atoms with Gasteiger partial charge in [0.25, 0.3) is 0 Å². The summed E-state index contributed by atoms with van der Waals surface area (Å²) in [6, 6.07) is 3.54. The smallest absolute Gasteiger partial charge is 0.356 e. The van der Waals surface area contributed by atoms with Crippen LogP contribution in [-0.4, -0.2) is 49.3 Å². The molecule has 3 rings (SSSR count). The molecule has 2 N–H and O–H groups in total. The van der Waals surface area contributed by atoms with Crippen LogP contribution in [0.1, 0.15) is 32.1 Å². The van der Waals surface area contributed by atoms with E-state index in [0.29, 0.717) is 30.7 Å². The Balaban J connectivity index is 1.65. The number of halogens is 5. The summed E-state index contributed by atoms with van der Waals surface area (Å²) >= 11 is 12.2. The van der Waals surface area contributed by atoms with E-state index in [1.165, 1.54) is 4.90 Å². The second-order valence-corrected chi connectivity index (χ2v) is 8.48. The zero-order chi connectivity index (χ0) is 19.6. The zero-order valence-electron chi connectivity index (χ0n) is 15.2. The fraction of sp³-hybridized carbons (Fsp3) is 0.684. The summed E-state index contributed by atoms with van der Waals surface area (Å²) in [6.07, 6.45) is 0.828. The molecule has 0 spiro atoms. The van der Waals surface area contributed by atoms with E-state index in [9.17, 15) is 13.2 Å². The summed E-state index contributed by atoms with van der Waals surface area (Å²) in [5.74, 6) is 0.578. The maximum atomic E-state index is 13.8. The van der Waals surface area contributed by atoms with Crippen molar-refractivity contribution in [2.24, 2.45) is 11.7 Å². The van der Waals surface area contributed by atoms with Crippen molar-refractivity contribution in [1.82, 2.24) is 4.90 Å². The van der Waals surface area contributed by atoms with Gasteiger partial charge in [0.05, 0.1) is 15.7 Å². The van der Waals surface area contributed by atoms with Crippen molar-refractivity contribution in [3.63, 3.8) is 0 Å². The molecule has 1 aromatic rings. The predicted octanol–water partition coefficient (Wildman–Crippen LogP) is 4.95. The largest absolute Gasteiger partial charge is 0.409 e. The summed E-state index contributed by atoms with van der Waals surface area (Å²) in [5.41, 5.74) is 6.29. The Bertz CT molecular complexity index is 633. The van der Waals surface area contributed by atoms with Gasteiger partial charge < -0.3 is 10.6 Å². The van der Waals surface area contributed by atoms with E-state index in [1.807, 2.05) is 4.90 Å². The van der Waals surface area contributed by atoms with E-state index >= 15 is 0 Å². The number of hydrogen-bond donors (Lipinski definition) is 1. The number of nitrogens with zero attached hydrogens (tertiary/aromatic N) is 2. The van der Waals surface area contributed by atoms with Gasteiger partial charge >= 0.3 is 6.18 Å². The molecule has 3 nitrogen and oxygen atoms in total. The third kappa shape index (κ3) is 5.22. The Kier molecular flexibility index (Phi) is 6.83. The van der Waals surface area contributed by atoms with Gasteiger partial charge in [0.1, 0.15) is 6.04 Å². The van der Waals surface area contributed by atoms with E-state index in [0.717, 1.165) is 32.1 Å². The number of hydrogen-bond acceptors (Lipinski definition) is 3. The molecule has 1 heterocycles. The van der Waals surface area contributed by atoms with E-state index in [4.69, 9.17) is 28.9 Å². The van der Waals surface area contributed by atoms with Gasteiger partial charge in [0, 0.05) is 25.7 Å². The fourth-order valence-corrected chi connectivity index (χ4v) is 4.57. The summed E-state index contributed by atoms with van der Waals surface area (Å²) in [4.78, 5) is 3.28. The van der Waals surface area contributed by atoms with Gasteiger partial charge in [-0.2, -0.15) is 13.2 Å².